The molecule has 0 spiro atoms. The van der Waals surface area contributed by atoms with Crippen molar-refractivity contribution in [1.82, 2.24) is 9.97 Å². The molecule has 5 aromatic carbocycles. The van der Waals surface area contributed by atoms with E-state index < -0.39 is 0 Å². The van der Waals surface area contributed by atoms with Crippen LogP contribution in [-0.4, -0.2) is 9.97 Å². The summed E-state index contributed by atoms with van der Waals surface area (Å²) in [7, 11) is 0. The molecule has 1 aliphatic carbocycles. The second-order valence-electron chi connectivity index (χ2n) is 13.0. The lowest BCUT2D eigenvalue weighted by Gasteiger charge is -2.24. The summed E-state index contributed by atoms with van der Waals surface area (Å²) in [6, 6.07) is 37.7. The number of hydrogen-bond donors (Lipinski definition) is 0. The fourth-order valence-electron chi connectivity index (χ4n) is 6.85. The molecule has 8 rings (SSSR count). The van der Waals surface area contributed by atoms with E-state index in [2.05, 4.69) is 134 Å². The average molecular weight is 567 g/mol. The van der Waals surface area contributed by atoms with Crippen LogP contribution in [0.25, 0.3) is 60.3 Å². The third-order valence-corrected chi connectivity index (χ3v) is 9.23. The van der Waals surface area contributed by atoms with E-state index >= 15 is 0 Å². The van der Waals surface area contributed by atoms with Crippen molar-refractivity contribution < 1.29 is 0 Å². The van der Waals surface area contributed by atoms with Crippen molar-refractivity contribution in [2.75, 3.05) is 0 Å². The lowest BCUT2D eigenvalue weighted by molar-refractivity contribution is 0.591. The normalized spacial score (nSPS) is 15.3. The van der Waals surface area contributed by atoms with Crippen LogP contribution in [0.1, 0.15) is 49.9 Å². The minimum Gasteiger partial charge on any atom is -0.256 e. The third kappa shape index (κ3) is 4.50. The maximum absolute atomic E-state index is 4.59. The molecule has 2 heteroatoms. The van der Waals surface area contributed by atoms with E-state index in [0.29, 0.717) is 0 Å². The highest BCUT2D eigenvalue weighted by Crippen LogP contribution is 2.45. The van der Waals surface area contributed by atoms with Crippen LogP contribution in [0.5, 0.6) is 0 Å². The Hall–Kier alpha value is -5.08. The molecule has 0 saturated carbocycles. The molecular weight excluding hydrogens is 532 g/mol. The van der Waals surface area contributed by atoms with E-state index in [0.717, 1.165) is 23.4 Å². The molecule has 0 amide bonds. The Morgan fingerprint density at radius 3 is 1.91 bits per heavy atom. The van der Waals surface area contributed by atoms with Crippen molar-refractivity contribution in [3.63, 3.8) is 0 Å². The van der Waals surface area contributed by atoms with Gasteiger partial charge in [-0.15, -0.1) is 0 Å². The van der Waals surface area contributed by atoms with Gasteiger partial charge in [-0.1, -0.05) is 112 Å². The minimum absolute atomic E-state index is 0.0840. The molecule has 0 N–H and O–H groups in total. The Morgan fingerprint density at radius 2 is 1.30 bits per heavy atom. The maximum Gasteiger partial charge on any atom is 0.0701 e. The van der Waals surface area contributed by atoms with Crippen LogP contribution < -0.4 is 0 Å². The van der Waals surface area contributed by atoms with E-state index in [9.17, 15) is 0 Å². The predicted molar refractivity (Wildman–Crippen MR) is 186 cm³/mol. The number of benzene rings is 5. The number of aromatic nitrogens is 2. The van der Waals surface area contributed by atoms with Crippen molar-refractivity contribution in [3.05, 3.63) is 151 Å². The van der Waals surface area contributed by atoms with Crippen LogP contribution in [0.3, 0.4) is 0 Å². The zero-order valence-corrected chi connectivity index (χ0v) is 25.4. The number of pyridine rings is 2. The fraction of sp³-hybridized carbons (Fsp3) is 0.143. The fourth-order valence-corrected chi connectivity index (χ4v) is 6.85. The van der Waals surface area contributed by atoms with Gasteiger partial charge in [-0.2, -0.15) is 0 Å². The van der Waals surface area contributed by atoms with Crippen molar-refractivity contribution in [3.8, 4) is 22.4 Å². The molecule has 7 aromatic rings. The number of rotatable bonds is 4. The molecule has 1 atom stereocenters. The summed E-state index contributed by atoms with van der Waals surface area (Å²) in [4.78, 5) is 9.16. The molecule has 2 nitrogen and oxygen atoms in total. The lowest BCUT2D eigenvalue weighted by Crippen LogP contribution is -2.11. The number of hydrogen-bond acceptors (Lipinski definition) is 2. The zero-order chi connectivity index (χ0) is 29.8. The van der Waals surface area contributed by atoms with Crippen LogP contribution in [-0.2, 0) is 5.41 Å². The van der Waals surface area contributed by atoms with Gasteiger partial charge < -0.3 is 0 Å². The second kappa shape index (κ2) is 10.3. The zero-order valence-electron chi connectivity index (χ0n) is 25.4. The lowest BCUT2D eigenvalue weighted by atomic mass is 9.79. The van der Waals surface area contributed by atoms with Gasteiger partial charge in [0.25, 0.3) is 0 Å². The van der Waals surface area contributed by atoms with Crippen LogP contribution in [0.15, 0.2) is 134 Å². The van der Waals surface area contributed by atoms with Crippen LogP contribution in [0, 0.1) is 0 Å². The largest absolute Gasteiger partial charge is 0.256 e. The first-order valence-electron chi connectivity index (χ1n) is 15.5. The highest BCUT2D eigenvalue weighted by molar-refractivity contribution is 6.26. The molecule has 1 aliphatic rings. The molecule has 212 valence electrons. The van der Waals surface area contributed by atoms with E-state index in [1.54, 1.807) is 0 Å². The highest BCUT2D eigenvalue weighted by atomic mass is 14.7. The summed E-state index contributed by atoms with van der Waals surface area (Å²) in [5.41, 5.74) is 9.68. The number of allylic oxidation sites excluding steroid dienone is 4. The van der Waals surface area contributed by atoms with Crippen LogP contribution in [0.2, 0.25) is 0 Å². The first-order valence-corrected chi connectivity index (χ1v) is 15.5. The van der Waals surface area contributed by atoms with E-state index in [4.69, 9.17) is 0 Å². The summed E-state index contributed by atoms with van der Waals surface area (Å²) in [5, 5.41) is 8.02. The highest BCUT2D eigenvalue weighted by Gasteiger charge is 2.22. The molecule has 44 heavy (non-hydrogen) atoms. The van der Waals surface area contributed by atoms with E-state index in [1.807, 2.05) is 30.6 Å². The summed E-state index contributed by atoms with van der Waals surface area (Å²) in [6.45, 7) is 6.90. The molecule has 2 aromatic heterocycles. The molecule has 0 fully saturated rings. The predicted octanol–water partition coefficient (Wildman–Crippen LogP) is 11.1. The van der Waals surface area contributed by atoms with Gasteiger partial charge in [0.15, 0.2) is 0 Å². The second-order valence-corrected chi connectivity index (χ2v) is 13.0. The Balaban J connectivity index is 1.33. The van der Waals surface area contributed by atoms with Gasteiger partial charge in [-0.3, -0.25) is 9.97 Å². The van der Waals surface area contributed by atoms with E-state index in [1.165, 1.54) is 60.1 Å². The molecule has 0 bridgehead atoms. The topological polar surface area (TPSA) is 25.8 Å². The molecule has 2 heterocycles. The van der Waals surface area contributed by atoms with Crippen molar-refractivity contribution in [2.24, 2.45) is 0 Å². The van der Waals surface area contributed by atoms with Crippen LogP contribution >= 0.6 is 0 Å². The monoisotopic (exact) mass is 566 g/mol. The summed E-state index contributed by atoms with van der Waals surface area (Å²) >= 11 is 0. The maximum atomic E-state index is 4.59. The summed E-state index contributed by atoms with van der Waals surface area (Å²) < 4.78 is 0. The van der Waals surface area contributed by atoms with Gasteiger partial charge in [0.2, 0.25) is 0 Å². The Bertz CT molecular complexity index is 2180. The molecule has 0 saturated heterocycles. The molecule has 0 aliphatic heterocycles. The van der Waals surface area contributed by atoms with Gasteiger partial charge in [-0.05, 0) is 102 Å². The Kier molecular flexibility index (Phi) is 6.20. The van der Waals surface area contributed by atoms with E-state index in [-0.39, 0.29) is 11.3 Å². The SMILES string of the molecule is CC(C)(C)c1cc2ccc3c(-c4ccc(-c5ccccn5)cc4)cc(C4C=CC(c5ccccn5)=CC4)c4ccc(c1)c2c34. The number of nitrogens with zero attached hydrogens (tertiary/aromatic N) is 2. The minimum atomic E-state index is 0.0840. The first kappa shape index (κ1) is 26.5. The van der Waals surface area contributed by atoms with Gasteiger partial charge in [0.05, 0.1) is 11.4 Å². The first-order chi connectivity index (χ1) is 21.4. The standard InChI is InChI=1S/C42H34N2/c1-42(2,3)33-24-31-18-20-34-36(27-10-14-29(15-11-27)38-8-4-6-22-43-38)26-37(35-21-19-32(25-33)40(31)41(34)35)28-12-16-30(17-13-28)39-9-5-7-23-44-39/h4-12,14-26,28H,13H2,1-3H3. The third-order valence-electron chi connectivity index (χ3n) is 9.23. The Labute approximate surface area is 258 Å². The average Bonchev–Trinajstić information content (AvgIpc) is 3.07. The van der Waals surface area contributed by atoms with Gasteiger partial charge in [0, 0.05) is 23.9 Å². The quantitative estimate of drug-likeness (QED) is 0.198. The van der Waals surface area contributed by atoms with Gasteiger partial charge >= 0.3 is 0 Å². The van der Waals surface area contributed by atoms with Gasteiger partial charge in [-0.25, -0.2) is 0 Å². The van der Waals surface area contributed by atoms with Crippen molar-refractivity contribution in [1.29, 1.82) is 0 Å². The van der Waals surface area contributed by atoms with Crippen molar-refractivity contribution in [2.45, 2.75) is 38.5 Å². The molecule has 1 unspecified atom stereocenters. The van der Waals surface area contributed by atoms with Crippen molar-refractivity contribution >= 4 is 37.9 Å². The molecule has 0 radical (unpaired) electrons. The summed E-state index contributed by atoms with van der Waals surface area (Å²) in [6.07, 6.45) is 11.6. The molecular formula is C42H34N2. The smallest absolute Gasteiger partial charge is 0.0701 e. The Morgan fingerprint density at radius 1 is 0.636 bits per heavy atom. The summed E-state index contributed by atoms with van der Waals surface area (Å²) in [5.74, 6) is 0.281. The van der Waals surface area contributed by atoms with Gasteiger partial charge in [0.1, 0.15) is 0 Å². The van der Waals surface area contributed by atoms with Crippen LogP contribution in [0.4, 0.5) is 0 Å².